The summed E-state index contributed by atoms with van der Waals surface area (Å²) in [5.74, 6) is 0.0445. The Hall–Kier alpha value is -1.94. The molecule has 0 amide bonds. The highest BCUT2D eigenvalue weighted by Gasteiger charge is 2.10. The van der Waals surface area contributed by atoms with Gasteiger partial charge in [0.15, 0.2) is 5.82 Å². The maximum atomic E-state index is 13.9. The second-order valence-corrected chi connectivity index (χ2v) is 3.90. The molecule has 2 N–H and O–H groups in total. The van der Waals surface area contributed by atoms with Gasteiger partial charge in [0.2, 0.25) is 0 Å². The zero-order valence-corrected chi connectivity index (χ0v) is 10.2. The summed E-state index contributed by atoms with van der Waals surface area (Å²) in [5.41, 5.74) is 6.96. The average Bonchev–Trinajstić information content (AvgIpc) is 2.41. The summed E-state index contributed by atoms with van der Waals surface area (Å²) in [5, 5.41) is 0. The van der Waals surface area contributed by atoms with Gasteiger partial charge in [-0.2, -0.15) is 0 Å². The van der Waals surface area contributed by atoms with Gasteiger partial charge in [-0.15, -0.1) is 0 Å². The highest BCUT2D eigenvalue weighted by Crippen LogP contribution is 2.24. The maximum absolute atomic E-state index is 13.9. The predicted octanol–water partition coefficient (Wildman–Crippen LogP) is 3.03. The standard InChI is InChI=1S/C14H15FN2O/c1-2-10-4-3-5-12(8-10)18-14-13(15)11(9-16)6-7-17-14/h3-8H,2,9,16H2,1H3. The van der Waals surface area contributed by atoms with Crippen LogP contribution in [0.5, 0.6) is 11.6 Å². The lowest BCUT2D eigenvalue weighted by Gasteiger charge is -2.08. The molecule has 18 heavy (non-hydrogen) atoms. The molecule has 0 aliphatic rings. The highest BCUT2D eigenvalue weighted by atomic mass is 19.1. The molecule has 0 bridgehead atoms. The van der Waals surface area contributed by atoms with Crippen LogP contribution in [0, 0.1) is 5.82 Å². The fourth-order valence-corrected chi connectivity index (χ4v) is 1.63. The Morgan fingerprint density at radius 2 is 2.17 bits per heavy atom. The Bertz CT molecular complexity index is 543. The second-order valence-electron chi connectivity index (χ2n) is 3.90. The molecular weight excluding hydrogens is 231 g/mol. The van der Waals surface area contributed by atoms with Gasteiger partial charge in [-0.3, -0.25) is 0 Å². The third-order valence-electron chi connectivity index (χ3n) is 2.68. The largest absolute Gasteiger partial charge is 0.436 e. The van der Waals surface area contributed by atoms with Crippen LogP contribution in [0.2, 0.25) is 0 Å². The van der Waals surface area contributed by atoms with Crippen LogP contribution in [-0.4, -0.2) is 4.98 Å². The van der Waals surface area contributed by atoms with Crippen molar-refractivity contribution in [1.82, 2.24) is 4.98 Å². The maximum Gasteiger partial charge on any atom is 0.256 e. The number of benzene rings is 1. The molecule has 0 radical (unpaired) electrons. The molecule has 2 rings (SSSR count). The Morgan fingerprint density at radius 3 is 2.89 bits per heavy atom. The fraction of sp³-hybridized carbons (Fsp3) is 0.214. The summed E-state index contributed by atoms with van der Waals surface area (Å²) in [6.07, 6.45) is 2.39. The number of nitrogens with two attached hydrogens (primary N) is 1. The number of hydrogen-bond acceptors (Lipinski definition) is 3. The van der Waals surface area contributed by atoms with Gasteiger partial charge in [-0.1, -0.05) is 19.1 Å². The van der Waals surface area contributed by atoms with Gasteiger partial charge >= 0.3 is 0 Å². The van der Waals surface area contributed by atoms with Crippen molar-refractivity contribution in [2.75, 3.05) is 0 Å². The van der Waals surface area contributed by atoms with E-state index < -0.39 is 5.82 Å². The zero-order valence-electron chi connectivity index (χ0n) is 10.2. The topological polar surface area (TPSA) is 48.1 Å². The number of halogens is 1. The monoisotopic (exact) mass is 246 g/mol. The summed E-state index contributed by atoms with van der Waals surface area (Å²) in [6.45, 7) is 2.17. The zero-order chi connectivity index (χ0) is 13.0. The number of hydrogen-bond donors (Lipinski definition) is 1. The fourth-order valence-electron chi connectivity index (χ4n) is 1.63. The summed E-state index contributed by atoms with van der Waals surface area (Å²) in [7, 11) is 0. The van der Waals surface area contributed by atoms with Crippen molar-refractivity contribution < 1.29 is 9.13 Å². The summed E-state index contributed by atoms with van der Waals surface area (Å²) < 4.78 is 19.3. The molecule has 0 saturated carbocycles. The first-order valence-electron chi connectivity index (χ1n) is 5.84. The minimum absolute atomic E-state index is 0.0359. The van der Waals surface area contributed by atoms with Crippen LogP contribution in [0.25, 0.3) is 0 Å². The number of nitrogens with zero attached hydrogens (tertiary/aromatic N) is 1. The molecule has 0 aliphatic heterocycles. The third kappa shape index (κ3) is 2.65. The van der Waals surface area contributed by atoms with Crippen LogP contribution in [0.3, 0.4) is 0 Å². The first-order chi connectivity index (χ1) is 8.74. The third-order valence-corrected chi connectivity index (χ3v) is 2.68. The SMILES string of the molecule is CCc1cccc(Oc2nccc(CN)c2F)c1. The number of aryl methyl sites for hydroxylation is 1. The van der Waals surface area contributed by atoms with Crippen LogP contribution in [0.15, 0.2) is 36.5 Å². The van der Waals surface area contributed by atoms with Crippen LogP contribution in [-0.2, 0) is 13.0 Å². The number of pyridine rings is 1. The van der Waals surface area contributed by atoms with E-state index >= 15 is 0 Å². The minimum atomic E-state index is -0.498. The van der Waals surface area contributed by atoms with Crippen LogP contribution < -0.4 is 10.5 Å². The van der Waals surface area contributed by atoms with Crippen molar-refractivity contribution in [3.8, 4) is 11.6 Å². The van der Waals surface area contributed by atoms with Crippen molar-refractivity contribution in [1.29, 1.82) is 0 Å². The van der Waals surface area contributed by atoms with Gasteiger partial charge in [0.25, 0.3) is 5.88 Å². The van der Waals surface area contributed by atoms with Crippen LogP contribution in [0.1, 0.15) is 18.1 Å². The number of ether oxygens (including phenoxy) is 1. The molecule has 1 heterocycles. The molecule has 0 spiro atoms. The molecule has 3 nitrogen and oxygen atoms in total. The van der Waals surface area contributed by atoms with E-state index in [9.17, 15) is 4.39 Å². The summed E-state index contributed by atoms with van der Waals surface area (Å²) in [4.78, 5) is 3.88. The molecule has 2 aromatic rings. The van der Waals surface area contributed by atoms with E-state index in [2.05, 4.69) is 4.98 Å². The van der Waals surface area contributed by atoms with Gasteiger partial charge in [-0.25, -0.2) is 9.37 Å². The normalized spacial score (nSPS) is 10.4. The van der Waals surface area contributed by atoms with Crippen molar-refractivity contribution in [3.63, 3.8) is 0 Å². The Morgan fingerprint density at radius 1 is 1.33 bits per heavy atom. The van der Waals surface area contributed by atoms with E-state index in [1.165, 1.54) is 6.20 Å². The molecule has 1 aromatic heterocycles. The molecule has 0 unspecified atom stereocenters. The van der Waals surface area contributed by atoms with Crippen molar-refractivity contribution in [2.24, 2.45) is 5.73 Å². The second kappa shape index (κ2) is 5.60. The van der Waals surface area contributed by atoms with Crippen LogP contribution in [0.4, 0.5) is 4.39 Å². The molecule has 1 aromatic carbocycles. The molecule has 0 saturated heterocycles. The molecule has 4 heteroatoms. The summed E-state index contributed by atoms with van der Waals surface area (Å²) in [6, 6.07) is 9.06. The lowest BCUT2D eigenvalue weighted by atomic mass is 10.2. The number of aromatic nitrogens is 1. The molecule has 94 valence electrons. The van der Waals surface area contributed by atoms with E-state index in [0.717, 1.165) is 12.0 Å². The van der Waals surface area contributed by atoms with Gasteiger partial charge in [0.1, 0.15) is 5.75 Å². The van der Waals surface area contributed by atoms with Crippen molar-refractivity contribution in [3.05, 3.63) is 53.5 Å². The Labute approximate surface area is 105 Å². The lowest BCUT2D eigenvalue weighted by Crippen LogP contribution is -2.02. The van der Waals surface area contributed by atoms with Gasteiger partial charge in [0.05, 0.1) is 0 Å². The first-order valence-corrected chi connectivity index (χ1v) is 5.84. The van der Waals surface area contributed by atoms with Crippen LogP contribution >= 0.6 is 0 Å². The van der Waals surface area contributed by atoms with E-state index in [-0.39, 0.29) is 12.4 Å². The van der Waals surface area contributed by atoms with Gasteiger partial charge < -0.3 is 10.5 Å². The molecule has 0 fully saturated rings. The highest BCUT2D eigenvalue weighted by molar-refractivity contribution is 5.33. The van der Waals surface area contributed by atoms with E-state index in [4.69, 9.17) is 10.5 Å². The predicted molar refractivity (Wildman–Crippen MR) is 68.0 cm³/mol. The average molecular weight is 246 g/mol. The van der Waals surface area contributed by atoms with Crippen molar-refractivity contribution >= 4 is 0 Å². The Kier molecular flexibility index (Phi) is 3.89. The number of rotatable bonds is 4. The van der Waals surface area contributed by atoms with Crippen molar-refractivity contribution in [2.45, 2.75) is 19.9 Å². The van der Waals surface area contributed by atoms with Gasteiger partial charge in [0, 0.05) is 18.3 Å². The quantitative estimate of drug-likeness (QED) is 0.902. The van der Waals surface area contributed by atoms with E-state index in [1.807, 2.05) is 25.1 Å². The molecule has 0 aliphatic carbocycles. The minimum Gasteiger partial charge on any atom is -0.436 e. The first kappa shape index (κ1) is 12.5. The molecule has 0 atom stereocenters. The van der Waals surface area contributed by atoms with E-state index in [1.54, 1.807) is 12.1 Å². The molecular formula is C14H15FN2O. The van der Waals surface area contributed by atoms with Gasteiger partial charge in [-0.05, 0) is 30.2 Å². The van der Waals surface area contributed by atoms with E-state index in [0.29, 0.717) is 11.3 Å². The lowest BCUT2D eigenvalue weighted by molar-refractivity contribution is 0.418. The smallest absolute Gasteiger partial charge is 0.256 e. The Balaban J connectivity index is 2.28. The summed E-state index contributed by atoms with van der Waals surface area (Å²) >= 11 is 0.